The zero-order valence-corrected chi connectivity index (χ0v) is 12.0. The molecule has 2 aromatic rings. The van der Waals surface area contributed by atoms with Crippen molar-refractivity contribution >= 4 is 10.8 Å². The fourth-order valence-corrected chi connectivity index (χ4v) is 3.61. The summed E-state index contributed by atoms with van der Waals surface area (Å²) in [6.07, 6.45) is 0.661. The first-order valence-corrected chi connectivity index (χ1v) is 7.84. The van der Waals surface area contributed by atoms with Crippen LogP contribution in [0.25, 0.3) is 0 Å². The summed E-state index contributed by atoms with van der Waals surface area (Å²) in [6, 6.07) is 12.0. The van der Waals surface area contributed by atoms with E-state index in [1.54, 1.807) is 12.1 Å². The lowest BCUT2D eigenvalue weighted by Gasteiger charge is -2.10. The number of aryl methyl sites for hydroxylation is 1. The van der Waals surface area contributed by atoms with Crippen LogP contribution in [-0.2, 0) is 17.2 Å². The first kappa shape index (κ1) is 13.3. The summed E-state index contributed by atoms with van der Waals surface area (Å²) >= 11 is 0. The smallest absolute Gasteiger partial charge is 0.124 e. The van der Waals surface area contributed by atoms with Crippen LogP contribution in [0.5, 0.6) is 5.75 Å². The third-order valence-electron chi connectivity index (χ3n) is 3.35. The van der Waals surface area contributed by atoms with Gasteiger partial charge >= 0.3 is 0 Å². The molecule has 2 nitrogen and oxygen atoms in total. The summed E-state index contributed by atoms with van der Waals surface area (Å²) in [5.41, 5.74) is 2.35. The highest BCUT2D eigenvalue weighted by Crippen LogP contribution is 2.30. The van der Waals surface area contributed by atoms with Gasteiger partial charge in [0.1, 0.15) is 17.7 Å². The quantitative estimate of drug-likeness (QED) is 0.867. The highest BCUT2D eigenvalue weighted by Gasteiger charge is 2.25. The molecule has 2 atom stereocenters. The summed E-state index contributed by atoms with van der Waals surface area (Å²) in [4.78, 5) is 0.515. The molecular formula is C16H15FO2S. The molecule has 0 bridgehead atoms. The fourth-order valence-electron chi connectivity index (χ4n) is 2.42. The van der Waals surface area contributed by atoms with Gasteiger partial charge in [-0.2, -0.15) is 0 Å². The van der Waals surface area contributed by atoms with Crippen LogP contribution in [0.15, 0.2) is 47.4 Å². The second kappa shape index (κ2) is 5.37. The number of benzene rings is 2. The Bertz CT molecular complexity index is 669. The molecule has 104 valence electrons. The normalized spacial score (nSPS) is 18.4. The molecule has 0 fully saturated rings. The molecule has 4 heteroatoms. The molecular weight excluding hydrogens is 275 g/mol. The third-order valence-corrected chi connectivity index (χ3v) is 4.81. The average Bonchev–Trinajstić information content (AvgIpc) is 2.80. The molecule has 0 saturated heterocycles. The Hall–Kier alpha value is -1.68. The molecule has 0 spiro atoms. The summed E-state index contributed by atoms with van der Waals surface area (Å²) in [5.74, 6) is 0.899. The highest BCUT2D eigenvalue weighted by atomic mass is 32.2. The Morgan fingerprint density at radius 2 is 2.15 bits per heavy atom. The lowest BCUT2D eigenvalue weighted by molar-refractivity contribution is 0.258. The number of hydrogen-bond donors (Lipinski definition) is 0. The topological polar surface area (TPSA) is 26.3 Å². The average molecular weight is 290 g/mol. The maximum atomic E-state index is 13.1. The van der Waals surface area contributed by atoms with E-state index in [1.165, 1.54) is 17.7 Å². The van der Waals surface area contributed by atoms with E-state index in [2.05, 4.69) is 6.07 Å². The van der Waals surface area contributed by atoms with Crippen LogP contribution >= 0.6 is 0 Å². The lowest BCUT2D eigenvalue weighted by Crippen LogP contribution is -2.21. The van der Waals surface area contributed by atoms with E-state index in [1.807, 2.05) is 19.1 Å². The summed E-state index contributed by atoms with van der Waals surface area (Å²) in [7, 11) is -1.24. The van der Waals surface area contributed by atoms with E-state index >= 15 is 0 Å². The first-order chi connectivity index (χ1) is 9.61. The standard InChI is InChI=1S/C16H15FO2S/c1-11-5-6-16-12(7-11)8-14(19-16)10-20(18)15-4-2-3-13(17)9-15/h2-7,9,14H,8,10H2,1H3. The van der Waals surface area contributed by atoms with Crippen molar-refractivity contribution in [2.75, 3.05) is 5.75 Å². The molecule has 0 radical (unpaired) electrons. The Morgan fingerprint density at radius 3 is 2.95 bits per heavy atom. The van der Waals surface area contributed by atoms with Crippen molar-refractivity contribution < 1.29 is 13.3 Å². The van der Waals surface area contributed by atoms with Gasteiger partial charge in [-0.1, -0.05) is 23.8 Å². The predicted molar refractivity (Wildman–Crippen MR) is 77.0 cm³/mol. The molecule has 1 heterocycles. The van der Waals surface area contributed by atoms with Gasteiger partial charge in [0.25, 0.3) is 0 Å². The van der Waals surface area contributed by atoms with Gasteiger partial charge in [-0.15, -0.1) is 0 Å². The minimum atomic E-state index is -1.24. The summed E-state index contributed by atoms with van der Waals surface area (Å²) in [5, 5.41) is 0. The molecule has 1 aliphatic rings. The molecule has 3 rings (SSSR count). The van der Waals surface area contributed by atoms with Crippen LogP contribution in [0.4, 0.5) is 4.39 Å². The maximum absolute atomic E-state index is 13.1. The monoisotopic (exact) mass is 290 g/mol. The molecule has 0 saturated carbocycles. The lowest BCUT2D eigenvalue weighted by atomic mass is 10.1. The van der Waals surface area contributed by atoms with Gasteiger partial charge in [0.15, 0.2) is 0 Å². The Kier molecular flexibility index (Phi) is 3.57. The van der Waals surface area contributed by atoms with Crippen LogP contribution in [0.1, 0.15) is 11.1 Å². The second-order valence-corrected chi connectivity index (χ2v) is 6.52. The van der Waals surface area contributed by atoms with E-state index in [4.69, 9.17) is 4.74 Å². The number of fused-ring (bicyclic) bond motifs is 1. The van der Waals surface area contributed by atoms with Crippen molar-refractivity contribution in [3.63, 3.8) is 0 Å². The molecule has 2 aromatic carbocycles. The number of ether oxygens (including phenoxy) is 1. The molecule has 1 aliphatic heterocycles. The predicted octanol–water partition coefficient (Wildman–Crippen LogP) is 3.25. The summed E-state index contributed by atoms with van der Waals surface area (Å²) < 4.78 is 31.2. The minimum absolute atomic E-state index is 0.101. The Balaban J connectivity index is 1.70. The summed E-state index contributed by atoms with van der Waals surface area (Å²) in [6.45, 7) is 2.04. The van der Waals surface area contributed by atoms with E-state index in [0.29, 0.717) is 10.6 Å². The van der Waals surface area contributed by atoms with Crippen LogP contribution in [0.2, 0.25) is 0 Å². The van der Waals surface area contributed by atoms with Crippen LogP contribution < -0.4 is 4.74 Å². The van der Waals surface area contributed by atoms with Crippen molar-refractivity contribution in [1.29, 1.82) is 0 Å². The van der Waals surface area contributed by atoms with Crippen molar-refractivity contribution in [2.24, 2.45) is 0 Å². The van der Waals surface area contributed by atoms with Crippen LogP contribution in [-0.4, -0.2) is 16.1 Å². The minimum Gasteiger partial charge on any atom is -0.489 e. The Morgan fingerprint density at radius 1 is 1.30 bits per heavy atom. The van der Waals surface area contributed by atoms with Crippen molar-refractivity contribution in [3.8, 4) is 5.75 Å². The maximum Gasteiger partial charge on any atom is 0.124 e. The zero-order chi connectivity index (χ0) is 14.1. The van der Waals surface area contributed by atoms with Crippen molar-refractivity contribution in [1.82, 2.24) is 0 Å². The number of halogens is 1. The van der Waals surface area contributed by atoms with Gasteiger partial charge in [-0.3, -0.25) is 4.21 Å². The molecule has 0 amide bonds. The third kappa shape index (κ3) is 2.75. The number of hydrogen-bond acceptors (Lipinski definition) is 2. The fraction of sp³-hybridized carbons (Fsp3) is 0.250. The first-order valence-electron chi connectivity index (χ1n) is 6.52. The van der Waals surface area contributed by atoms with E-state index in [-0.39, 0.29) is 11.9 Å². The van der Waals surface area contributed by atoms with Gasteiger partial charge < -0.3 is 4.74 Å². The zero-order valence-electron chi connectivity index (χ0n) is 11.1. The van der Waals surface area contributed by atoms with Gasteiger partial charge in [-0.25, -0.2) is 4.39 Å². The Labute approximate surface area is 120 Å². The molecule has 0 aromatic heterocycles. The van der Waals surface area contributed by atoms with Gasteiger partial charge in [-0.05, 0) is 36.8 Å². The highest BCUT2D eigenvalue weighted by molar-refractivity contribution is 7.85. The van der Waals surface area contributed by atoms with Gasteiger partial charge in [0.05, 0.1) is 16.6 Å². The molecule has 0 aliphatic carbocycles. The SMILES string of the molecule is Cc1ccc2c(c1)CC(CS(=O)c1cccc(F)c1)O2. The largest absolute Gasteiger partial charge is 0.489 e. The van der Waals surface area contributed by atoms with Crippen LogP contribution in [0.3, 0.4) is 0 Å². The second-order valence-electron chi connectivity index (χ2n) is 5.02. The van der Waals surface area contributed by atoms with Gasteiger partial charge in [0, 0.05) is 11.3 Å². The number of rotatable bonds is 3. The van der Waals surface area contributed by atoms with Crippen molar-refractivity contribution in [2.45, 2.75) is 24.3 Å². The van der Waals surface area contributed by atoms with E-state index in [9.17, 15) is 8.60 Å². The van der Waals surface area contributed by atoms with Crippen molar-refractivity contribution in [3.05, 3.63) is 59.4 Å². The van der Waals surface area contributed by atoms with Crippen LogP contribution in [0, 0.1) is 12.7 Å². The molecule has 20 heavy (non-hydrogen) atoms. The molecule has 0 N–H and O–H groups in total. The van der Waals surface area contributed by atoms with E-state index in [0.717, 1.165) is 17.7 Å². The van der Waals surface area contributed by atoms with Gasteiger partial charge in [0.2, 0.25) is 0 Å². The molecule has 2 unspecified atom stereocenters. The van der Waals surface area contributed by atoms with E-state index < -0.39 is 10.8 Å².